The summed E-state index contributed by atoms with van der Waals surface area (Å²) in [6.07, 6.45) is 0. The van der Waals surface area contributed by atoms with Gasteiger partial charge in [-0.1, -0.05) is 0 Å². The van der Waals surface area contributed by atoms with Gasteiger partial charge in [0.2, 0.25) is 5.95 Å². The predicted molar refractivity (Wildman–Crippen MR) is 59.1 cm³/mol. The first-order valence-corrected chi connectivity index (χ1v) is 4.98. The van der Waals surface area contributed by atoms with Crippen LogP contribution in [-0.4, -0.2) is 50.6 Å². The van der Waals surface area contributed by atoms with Crippen molar-refractivity contribution in [3.05, 3.63) is 17.5 Å². The molecule has 1 aromatic heterocycles. The summed E-state index contributed by atoms with van der Waals surface area (Å²) in [6, 6.07) is 1.81. The molecule has 6 nitrogen and oxygen atoms in total. The van der Waals surface area contributed by atoms with Gasteiger partial charge in [-0.25, -0.2) is 9.97 Å². The SMILES string of the molecule is Cc1cc(C)nc(NC(CO)(CO)CO)n1. The maximum Gasteiger partial charge on any atom is 0.223 e. The minimum absolute atomic E-state index is 0.287. The lowest BCUT2D eigenvalue weighted by molar-refractivity contribution is 0.0828. The van der Waals surface area contributed by atoms with Crippen LogP contribution in [0.1, 0.15) is 11.4 Å². The van der Waals surface area contributed by atoms with E-state index in [2.05, 4.69) is 15.3 Å². The molecule has 0 radical (unpaired) electrons. The van der Waals surface area contributed by atoms with Crippen molar-refractivity contribution in [3.63, 3.8) is 0 Å². The summed E-state index contributed by atoms with van der Waals surface area (Å²) in [7, 11) is 0. The lowest BCUT2D eigenvalue weighted by Crippen LogP contribution is -2.49. The number of hydrogen-bond donors (Lipinski definition) is 4. The molecule has 0 aliphatic rings. The number of hydrogen-bond acceptors (Lipinski definition) is 6. The van der Waals surface area contributed by atoms with Crippen LogP contribution in [0.3, 0.4) is 0 Å². The van der Waals surface area contributed by atoms with Crippen LogP contribution in [0.2, 0.25) is 0 Å². The molecule has 1 rings (SSSR count). The Kier molecular flexibility index (Phi) is 4.17. The lowest BCUT2D eigenvalue weighted by Gasteiger charge is -2.28. The fourth-order valence-electron chi connectivity index (χ4n) is 1.29. The van der Waals surface area contributed by atoms with Gasteiger partial charge >= 0.3 is 0 Å². The zero-order chi connectivity index (χ0) is 12.2. The molecule has 0 aromatic carbocycles. The van der Waals surface area contributed by atoms with Gasteiger partial charge in [0.15, 0.2) is 0 Å². The van der Waals surface area contributed by atoms with Gasteiger partial charge in [-0.05, 0) is 19.9 Å². The Morgan fingerprint density at radius 2 is 1.50 bits per heavy atom. The first-order chi connectivity index (χ1) is 7.55. The van der Waals surface area contributed by atoms with Crippen molar-refractivity contribution in [2.45, 2.75) is 19.4 Å². The highest BCUT2D eigenvalue weighted by molar-refractivity contribution is 5.32. The molecule has 0 amide bonds. The molecule has 0 bridgehead atoms. The van der Waals surface area contributed by atoms with E-state index in [0.717, 1.165) is 11.4 Å². The normalized spacial score (nSPS) is 11.6. The Labute approximate surface area is 94.0 Å². The second-order valence-corrected chi connectivity index (χ2v) is 3.85. The quantitative estimate of drug-likeness (QED) is 0.527. The van der Waals surface area contributed by atoms with Crippen molar-refractivity contribution >= 4 is 5.95 Å². The van der Waals surface area contributed by atoms with Gasteiger partial charge in [0, 0.05) is 11.4 Å². The van der Waals surface area contributed by atoms with Crippen LogP contribution in [-0.2, 0) is 0 Å². The van der Waals surface area contributed by atoms with Gasteiger partial charge in [-0.3, -0.25) is 0 Å². The third-order valence-electron chi connectivity index (χ3n) is 2.27. The molecule has 0 aliphatic carbocycles. The number of anilines is 1. The zero-order valence-corrected chi connectivity index (χ0v) is 9.43. The molecule has 0 unspecified atom stereocenters. The van der Waals surface area contributed by atoms with Crippen LogP contribution in [0.4, 0.5) is 5.95 Å². The topological polar surface area (TPSA) is 98.5 Å². The van der Waals surface area contributed by atoms with Gasteiger partial charge in [0.25, 0.3) is 0 Å². The monoisotopic (exact) mass is 227 g/mol. The predicted octanol–water partition coefficient (Wildman–Crippen LogP) is -0.779. The third-order valence-corrected chi connectivity index (χ3v) is 2.27. The van der Waals surface area contributed by atoms with E-state index in [0.29, 0.717) is 0 Å². The Hall–Kier alpha value is -1.24. The maximum absolute atomic E-state index is 9.14. The van der Waals surface area contributed by atoms with Gasteiger partial charge in [0.1, 0.15) is 5.54 Å². The lowest BCUT2D eigenvalue weighted by atomic mass is 10.0. The molecule has 1 heterocycles. The minimum atomic E-state index is -1.19. The minimum Gasteiger partial charge on any atom is -0.394 e. The second-order valence-electron chi connectivity index (χ2n) is 3.85. The Balaban J connectivity index is 2.93. The van der Waals surface area contributed by atoms with Crippen LogP contribution < -0.4 is 5.32 Å². The molecule has 1 aromatic rings. The van der Waals surface area contributed by atoms with Crippen molar-refractivity contribution in [1.29, 1.82) is 0 Å². The highest BCUT2D eigenvalue weighted by Crippen LogP contribution is 2.12. The van der Waals surface area contributed by atoms with Crippen molar-refractivity contribution in [1.82, 2.24) is 9.97 Å². The number of aliphatic hydroxyl groups is 3. The largest absolute Gasteiger partial charge is 0.394 e. The molecule has 6 heteroatoms. The van der Waals surface area contributed by atoms with Crippen molar-refractivity contribution in [2.75, 3.05) is 25.1 Å². The molecule has 0 spiro atoms. The van der Waals surface area contributed by atoms with E-state index >= 15 is 0 Å². The molecule has 0 aliphatic heterocycles. The van der Waals surface area contributed by atoms with E-state index in [1.807, 2.05) is 19.9 Å². The number of rotatable bonds is 5. The Bertz CT molecular complexity index is 325. The highest BCUT2D eigenvalue weighted by Gasteiger charge is 2.28. The van der Waals surface area contributed by atoms with Crippen LogP contribution >= 0.6 is 0 Å². The van der Waals surface area contributed by atoms with Crippen LogP contribution in [0.25, 0.3) is 0 Å². The van der Waals surface area contributed by atoms with Gasteiger partial charge in [-0.15, -0.1) is 0 Å². The summed E-state index contributed by atoms with van der Waals surface area (Å²) >= 11 is 0. The molecule has 90 valence electrons. The smallest absolute Gasteiger partial charge is 0.223 e. The molecule has 0 atom stereocenters. The third kappa shape index (κ3) is 2.88. The van der Waals surface area contributed by atoms with Gasteiger partial charge in [0.05, 0.1) is 19.8 Å². The highest BCUT2D eigenvalue weighted by atomic mass is 16.3. The summed E-state index contributed by atoms with van der Waals surface area (Å²) in [5.41, 5.74) is 0.357. The Morgan fingerprint density at radius 3 is 1.88 bits per heavy atom. The molecular weight excluding hydrogens is 210 g/mol. The average molecular weight is 227 g/mol. The van der Waals surface area contributed by atoms with Crippen molar-refractivity contribution in [3.8, 4) is 0 Å². The molecule has 16 heavy (non-hydrogen) atoms. The van der Waals surface area contributed by atoms with E-state index in [4.69, 9.17) is 15.3 Å². The summed E-state index contributed by atoms with van der Waals surface area (Å²) in [4.78, 5) is 8.21. The standard InChI is InChI=1S/C10H17N3O3/c1-7-3-8(2)12-9(11-7)13-10(4-14,5-15)6-16/h3,14-16H,4-6H2,1-2H3,(H,11,12,13). The van der Waals surface area contributed by atoms with E-state index in [1.54, 1.807) is 0 Å². The summed E-state index contributed by atoms with van der Waals surface area (Å²) < 4.78 is 0. The fraction of sp³-hybridized carbons (Fsp3) is 0.600. The number of aliphatic hydroxyl groups excluding tert-OH is 3. The summed E-state index contributed by atoms with van der Waals surface area (Å²) in [6.45, 7) is 2.42. The number of aryl methyl sites for hydroxylation is 2. The van der Waals surface area contributed by atoms with Crippen LogP contribution in [0, 0.1) is 13.8 Å². The summed E-state index contributed by atoms with van der Waals surface area (Å²) in [5, 5.41) is 30.2. The first kappa shape index (κ1) is 12.8. The van der Waals surface area contributed by atoms with Crippen molar-refractivity contribution in [2.24, 2.45) is 0 Å². The number of nitrogens with one attached hydrogen (secondary N) is 1. The molecule has 0 fully saturated rings. The van der Waals surface area contributed by atoms with Gasteiger partial charge < -0.3 is 20.6 Å². The average Bonchev–Trinajstić information content (AvgIpc) is 2.25. The Morgan fingerprint density at radius 1 is 1.06 bits per heavy atom. The maximum atomic E-state index is 9.14. The molecule has 4 N–H and O–H groups in total. The van der Waals surface area contributed by atoms with E-state index < -0.39 is 25.4 Å². The van der Waals surface area contributed by atoms with Crippen LogP contribution in [0.15, 0.2) is 6.07 Å². The fourth-order valence-corrected chi connectivity index (χ4v) is 1.29. The van der Waals surface area contributed by atoms with Crippen molar-refractivity contribution < 1.29 is 15.3 Å². The summed E-state index contributed by atoms with van der Waals surface area (Å²) in [5.74, 6) is 0.287. The van der Waals surface area contributed by atoms with E-state index in [-0.39, 0.29) is 5.95 Å². The van der Waals surface area contributed by atoms with E-state index in [1.165, 1.54) is 0 Å². The second kappa shape index (κ2) is 5.20. The van der Waals surface area contributed by atoms with Crippen LogP contribution in [0.5, 0.6) is 0 Å². The molecule has 0 saturated heterocycles. The number of aromatic nitrogens is 2. The molecule has 0 saturated carbocycles. The number of nitrogens with zero attached hydrogens (tertiary/aromatic N) is 2. The van der Waals surface area contributed by atoms with E-state index in [9.17, 15) is 0 Å². The first-order valence-electron chi connectivity index (χ1n) is 4.98. The van der Waals surface area contributed by atoms with Gasteiger partial charge in [-0.2, -0.15) is 0 Å². The molecular formula is C10H17N3O3. The zero-order valence-electron chi connectivity index (χ0n) is 9.43.